The number of nitro groups is 1. The Morgan fingerprint density at radius 1 is 1.47 bits per heavy atom. The van der Waals surface area contributed by atoms with Crippen LogP contribution < -0.4 is 11.2 Å². The highest BCUT2D eigenvalue weighted by Crippen LogP contribution is 2.10. The molecule has 0 atom stereocenters. The second kappa shape index (κ2) is 4.70. The molecule has 0 radical (unpaired) electrons. The highest BCUT2D eigenvalue weighted by atomic mass is 16.6. The molecule has 1 aromatic carbocycles. The number of primary amides is 1. The van der Waals surface area contributed by atoms with Gasteiger partial charge in [-0.25, -0.2) is 10.2 Å². The second-order valence-corrected chi connectivity index (χ2v) is 2.58. The van der Waals surface area contributed by atoms with Gasteiger partial charge in [-0.05, 0) is 17.7 Å². The van der Waals surface area contributed by atoms with Crippen molar-refractivity contribution in [3.05, 3.63) is 39.9 Å². The summed E-state index contributed by atoms with van der Waals surface area (Å²) >= 11 is 0. The predicted molar refractivity (Wildman–Crippen MR) is 53.4 cm³/mol. The standard InChI is InChI=1S/C8H8N4O3/c9-8(13)11-10-5-6-1-3-7(4-2-6)12(14)15/h1-5H,(H3,9,11,13)/b10-5+. The minimum Gasteiger partial charge on any atom is -0.350 e. The molecule has 7 heteroatoms. The van der Waals surface area contributed by atoms with Crippen LogP contribution in [0.25, 0.3) is 0 Å². The highest BCUT2D eigenvalue weighted by Gasteiger charge is 2.02. The van der Waals surface area contributed by atoms with Crippen molar-refractivity contribution in [1.29, 1.82) is 0 Å². The minimum atomic E-state index is -0.770. The van der Waals surface area contributed by atoms with Crippen molar-refractivity contribution < 1.29 is 9.72 Å². The van der Waals surface area contributed by atoms with E-state index < -0.39 is 11.0 Å². The lowest BCUT2D eigenvalue weighted by molar-refractivity contribution is -0.384. The number of nitrogens with two attached hydrogens (primary N) is 1. The zero-order valence-corrected chi connectivity index (χ0v) is 7.58. The molecule has 78 valence electrons. The molecular formula is C8H8N4O3. The molecule has 7 nitrogen and oxygen atoms in total. The first-order valence-electron chi connectivity index (χ1n) is 3.92. The molecule has 0 aliphatic carbocycles. The number of carbonyl (C=O) groups excluding carboxylic acids is 1. The Kier molecular flexibility index (Phi) is 3.33. The normalized spacial score (nSPS) is 10.1. The fourth-order valence-electron chi connectivity index (χ4n) is 0.853. The molecule has 2 amide bonds. The predicted octanol–water partition coefficient (Wildman–Crippen LogP) is 0.597. The van der Waals surface area contributed by atoms with Crippen LogP contribution in [-0.2, 0) is 0 Å². The zero-order valence-electron chi connectivity index (χ0n) is 7.58. The van der Waals surface area contributed by atoms with E-state index in [9.17, 15) is 14.9 Å². The Morgan fingerprint density at radius 2 is 2.07 bits per heavy atom. The van der Waals surface area contributed by atoms with Crippen LogP contribution in [0, 0.1) is 10.1 Å². The maximum absolute atomic E-state index is 10.3. The van der Waals surface area contributed by atoms with E-state index in [0.717, 1.165) is 0 Å². The van der Waals surface area contributed by atoms with E-state index in [1.165, 1.54) is 30.5 Å². The summed E-state index contributed by atoms with van der Waals surface area (Å²) in [4.78, 5) is 20.1. The van der Waals surface area contributed by atoms with Crippen molar-refractivity contribution in [1.82, 2.24) is 5.43 Å². The third kappa shape index (κ3) is 3.43. The molecule has 3 N–H and O–H groups in total. The van der Waals surface area contributed by atoms with Crippen molar-refractivity contribution in [2.75, 3.05) is 0 Å². The number of nitro benzene ring substituents is 1. The Hall–Kier alpha value is -2.44. The van der Waals surface area contributed by atoms with Crippen LogP contribution in [0.1, 0.15) is 5.56 Å². The molecule has 0 unspecified atom stereocenters. The molecule has 1 aromatic rings. The number of hydrazone groups is 1. The molecule has 0 bridgehead atoms. The topological polar surface area (TPSA) is 111 Å². The van der Waals surface area contributed by atoms with E-state index >= 15 is 0 Å². The summed E-state index contributed by atoms with van der Waals surface area (Å²) in [7, 11) is 0. The first-order chi connectivity index (χ1) is 7.09. The van der Waals surface area contributed by atoms with E-state index in [1.807, 2.05) is 5.43 Å². The zero-order chi connectivity index (χ0) is 11.3. The number of amides is 2. The van der Waals surface area contributed by atoms with Crippen molar-refractivity contribution >= 4 is 17.9 Å². The summed E-state index contributed by atoms with van der Waals surface area (Å²) in [5.74, 6) is 0. The van der Waals surface area contributed by atoms with Crippen LogP contribution in [-0.4, -0.2) is 17.2 Å². The molecule has 0 heterocycles. The number of benzene rings is 1. The number of nitrogens with zero attached hydrogens (tertiary/aromatic N) is 2. The van der Waals surface area contributed by atoms with Gasteiger partial charge in [-0.3, -0.25) is 10.1 Å². The molecule has 15 heavy (non-hydrogen) atoms. The van der Waals surface area contributed by atoms with Crippen LogP contribution in [0.4, 0.5) is 10.5 Å². The molecule has 0 aromatic heterocycles. The number of carbonyl (C=O) groups is 1. The van der Waals surface area contributed by atoms with E-state index in [4.69, 9.17) is 5.73 Å². The first kappa shape index (κ1) is 10.6. The second-order valence-electron chi connectivity index (χ2n) is 2.58. The monoisotopic (exact) mass is 208 g/mol. The summed E-state index contributed by atoms with van der Waals surface area (Å²) in [5, 5.41) is 13.8. The number of hydrogen-bond acceptors (Lipinski definition) is 4. The van der Waals surface area contributed by atoms with Gasteiger partial charge in [-0.15, -0.1) is 0 Å². The molecule has 0 saturated heterocycles. The molecular weight excluding hydrogens is 200 g/mol. The summed E-state index contributed by atoms with van der Waals surface area (Å²) in [5.41, 5.74) is 7.39. The van der Waals surface area contributed by atoms with Crippen molar-refractivity contribution in [2.24, 2.45) is 10.8 Å². The van der Waals surface area contributed by atoms with Gasteiger partial charge >= 0.3 is 6.03 Å². The number of rotatable bonds is 3. The van der Waals surface area contributed by atoms with Gasteiger partial charge in [0.25, 0.3) is 5.69 Å². The molecule has 1 rings (SSSR count). The van der Waals surface area contributed by atoms with E-state index in [2.05, 4.69) is 5.10 Å². The van der Waals surface area contributed by atoms with Gasteiger partial charge in [-0.2, -0.15) is 5.10 Å². The van der Waals surface area contributed by atoms with Gasteiger partial charge in [0.15, 0.2) is 0 Å². The van der Waals surface area contributed by atoms with Crippen LogP contribution in [0.3, 0.4) is 0 Å². The van der Waals surface area contributed by atoms with Crippen LogP contribution in [0.5, 0.6) is 0 Å². The van der Waals surface area contributed by atoms with Gasteiger partial charge in [-0.1, -0.05) is 0 Å². The average molecular weight is 208 g/mol. The first-order valence-corrected chi connectivity index (χ1v) is 3.92. The number of nitrogens with one attached hydrogen (secondary N) is 1. The van der Waals surface area contributed by atoms with Gasteiger partial charge in [0, 0.05) is 12.1 Å². The summed E-state index contributed by atoms with van der Waals surface area (Å²) in [6.45, 7) is 0. The van der Waals surface area contributed by atoms with E-state index in [0.29, 0.717) is 5.56 Å². The minimum absolute atomic E-state index is 0.00462. The molecule has 0 aliphatic heterocycles. The maximum Gasteiger partial charge on any atom is 0.332 e. The largest absolute Gasteiger partial charge is 0.350 e. The third-order valence-corrected chi connectivity index (χ3v) is 1.49. The van der Waals surface area contributed by atoms with E-state index in [-0.39, 0.29) is 5.69 Å². The Morgan fingerprint density at radius 3 is 2.53 bits per heavy atom. The van der Waals surface area contributed by atoms with Crippen LogP contribution in [0.15, 0.2) is 29.4 Å². The van der Waals surface area contributed by atoms with Crippen LogP contribution >= 0.6 is 0 Å². The summed E-state index contributed by atoms with van der Waals surface area (Å²) < 4.78 is 0. The smallest absolute Gasteiger partial charge is 0.332 e. The van der Waals surface area contributed by atoms with Crippen LogP contribution in [0.2, 0.25) is 0 Å². The van der Waals surface area contributed by atoms with Crippen molar-refractivity contribution in [2.45, 2.75) is 0 Å². The molecule has 0 aliphatic rings. The number of non-ortho nitro benzene ring substituents is 1. The molecule has 0 fully saturated rings. The number of hydrogen-bond donors (Lipinski definition) is 2. The van der Waals surface area contributed by atoms with Gasteiger partial charge in [0.05, 0.1) is 11.1 Å². The lowest BCUT2D eigenvalue weighted by Crippen LogP contribution is -2.24. The SMILES string of the molecule is NC(=O)N/N=C/c1ccc([N+](=O)[O-])cc1. The average Bonchev–Trinajstić information content (AvgIpc) is 2.18. The molecule has 0 saturated carbocycles. The Balaban J connectivity index is 2.68. The highest BCUT2D eigenvalue weighted by molar-refractivity contribution is 5.81. The Bertz CT molecular complexity index is 399. The fraction of sp³-hybridized carbons (Fsp3) is 0. The molecule has 0 spiro atoms. The quantitative estimate of drug-likeness (QED) is 0.431. The van der Waals surface area contributed by atoms with Crippen molar-refractivity contribution in [3.63, 3.8) is 0 Å². The van der Waals surface area contributed by atoms with Gasteiger partial charge < -0.3 is 5.73 Å². The van der Waals surface area contributed by atoms with Gasteiger partial charge in [0.1, 0.15) is 0 Å². The summed E-state index contributed by atoms with van der Waals surface area (Å²) in [6.07, 6.45) is 1.33. The third-order valence-electron chi connectivity index (χ3n) is 1.49. The van der Waals surface area contributed by atoms with Gasteiger partial charge in [0.2, 0.25) is 0 Å². The Labute approximate surface area is 84.7 Å². The number of urea groups is 1. The lowest BCUT2D eigenvalue weighted by atomic mass is 10.2. The van der Waals surface area contributed by atoms with E-state index in [1.54, 1.807) is 0 Å². The fourth-order valence-corrected chi connectivity index (χ4v) is 0.853. The maximum atomic E-state index is 10.3. The summed E-state index contributed by atoms with van der Waals surface area (Å²) in [6, 6.07) is 4.92. The lowest BCUT2D eigenvalue weighted by Gasteiger charge is -1.93. The van der Waals surface area contributed by atoms with Crippen molar-refractivity contribution in [3.8, 4) is 0 Å².